The van der Waals surface area contributed by atoms with Crippen molar-refractivity contribution in [2.24, 2.45) is 0 Å². The second-order valence-corrected chi connectivity index (χ2v) is 8.89. The van der Waals surface area contributed by atoms with E-state index in [0.29, 0.717) is 5.56 Å². The molecule has 1 heterocycles. The molecule has 168 valence electrons. The predicted octanol–water partition coefficient (Wildman–Crippen LogP) is 4.02. The number of sulfone groups is 1. The van der Waals surface area contributed by atoms with E-state index >= 15 is 0 Å². The molecule has 0 radical (unpaired) electrons. The van der Waals surface area contributed by atoms with Gasteiger partial charge in [0.05, 0.1) is 40.7 Å². The molecule has 0 aliphatic carbocycles. The van der Waals surface area contributed by atoms with Gasteiger partial charge in [-0.25, -0.2) is 18.4 Å². The topological polar surface area (TPSA) is 98.2 Å². The van der Waals surface area contributed by atoms with Crippen LogP contribution in [0.25, 0.3) is 11.4 Å². The van der Waals surface area contributed by atoms with Crippen molar-refractivity contribution in [3.8, 4) is 17.1 Å². The fraction of sp³-hybridized carbons (Fsp3) is 0.190. The summed E-state index contributed by atoms with van der Waals surface area (Å²) in [5.41, 5.74) is 0.899. The number of alkyl halides is 3. The highest BCUT2D eigenvalue weighted by Crippen LogP contribution is 2.31. The molecule has 0 unspecified atom stereocenters. The molecule has 0 fully saturated rings. The Morgan fingerprint density at radius 3 is 2.25 bits per heavy atom. The zero-order valence-electron chi connectivity index (χ0n) is 16.8. The number of aromatic nitrogens is 2. The van der Waals surface area contributed by atoms with Crippen molar-refractivity contribution in [1.82, 2.24) is 9.97 Å². The van der Waals surface area contributed by atoms with Gasteiger partial charge in [-0.15, -0.1) is 13.2 Å². The van der Waals surface area contributed by atoms with E-state index in [4.69, 9.17) is 0 Å². The minimum Gasteiger partial charge on any atom is -0.405 e. The molecule has 0 spiro atoms. The maximum absolute atomic E-state index is 12.6. The maximum atomic E-state index is 12.6. The van der Waals surface area contributed by atoms with E-state index in [1.165, 1.54) is 42.7 Å². The molecule has 0 saturated carbocycles. The van der Waals surface area contributed by atoms with Gasteiger partial charge < -0.3 is 10.1 Å². The minimum absolute atomic E-state index is 0.00410. The van der Waals surface area contributed by atoms with Crippen LogP contribution in [-0.2, 0) is 21.1 Å². The lowest BCUT2D eigenvalue weighted by atomic mass is 10.1. The lowest BCUT2D eigenvalue weighted by Gasteiger charge is -2.12. The zero-order valence-corrected chi connectivity index (χ0v) is 17.6. The number of nitrogens with one attached hydrogen (secondary N) is 1. The third kappa shape index (κ3) is 6.03. The van der Waals surface area contributed by atoms with Gasteiger partial charge in [0, 0.05) is 0 Å². The van der Waals surface area contributed by atoms with Crippen LogP contribution in [0.5, 0.6) is 5.75 Å². The van der Waals surface area contributed by atoms with Gasteiger partial charge in [-0.3, -0.25) is 4.79 Å². The summed E-state index contributed by atoms with van der Waals surface area (Å²) in [6.45, 7) is 1.55. The van der Waals surface area contributed by atoms with Crippen LogP contribution < -0.4 is 10.1 Å². The number of halogens is 3. The van der Waals surface area contributed by atoms with Crippen LogP contribution in [0.4, 0.5) is 18.9 Å². The maximum Gasteiger partial charge on any atom is 0.573 e. The number of hydrogen-bond donors (Lipinski definition) is 1. The number of hydrogen-bond acceptors (Lipinski definition) is 6. The molecule has 3 rings (SSSR count). The highest BCUT2D eigenvalue weighted by Gasteiger charge is 2.32. The summed E-state index contributed by atoms with van der Waals surface area (Å²) in [6, 6.07) is 11.5. The van der Waals surface area contributed by atoms with Crippen molar-refractivity contribution >= 4 is 21.4 Å². The smallest absolute Gasteiger partial charge is 0.405 e. The lowest BCUT2D eigenvalue weighted by Crippen LogP contribution is -2.17. The average molecular weight is 465 g/mol. The quantitative estimate of drug-likeness (QED) is 0.566. The van der Waals surface area contributed by atoms with E-state index < -0.39 is 27.9 Å². The third-order valence-electron chi connectivity index (χ3n) is 4.32. The Bertz CT molecular complexity index is 1200. The molecule has 1 aromatic heterocycles. The molecule has 0 atom stereocenters. The molecule has 0 aliphatic rings. The monoisotopic (exact) mass is 465 g/mol. The SMILES string of the molecule is CCS(=O)(=O)c1ccc(CC(=O)Nc2cnc(-c3ccccc3OC(F)(F)F)nc2)cc1. The van der Waals surface area contributed by atoms with E-state index in [1.807, 2.05) is 0 Å². The number of nitrogens with zero attached hydrogens (tertiary/aromatic N) is 2. The molecule has 1 N–H and O–H groups in total. The Morgan fingerprint density at radius 1 is 1.03 bits per heavy atom. The predicted molar refractivity (Wildman–Crippen MR) is 111 cm³/mol. The second kappa shape index (κ2) is 9.35. The van der Waals surface area contributed by atoms with Crippen LogP contribution in [-0.4, -0.2) is 36.4 Å². The molecular weight excluding hydrogens is 447 g/mol. The number of anilines is 1. The average Bonchev–Trinajstić information content (AvgIpc) is 2.74. The van der Waals surface area contributed by atoms with Gasteiger partial charge in [0.25, 0.3) is 0 Å². The van der Waals surface area contributed by atoms with Crippen LogP contribution in [0, 0.1) is 0 Å². The van der Waals surface area contributed by atoms with E-state index in [2.05, 4.69) is 20.0 Å². The summed E-state index contributed by atoms with van der Waals surface area (Å²) < 4.78 is 65.4. The van der Waals surface area contributed by atoms with Crippen LogP contribution in [0.15, 0.2) is 65.8 Å². The Morgan fingerprint density at radius 2 is 1.66 bits per heavy atom. The molecule has 0 saturated heterocycles. The van der Waals surface area contributed by atoms with Crippen molar-refractivity contribution in [2.75, 3.05) is 11.1 Å². The van der Waals surface area contributed by atoms with Crippen LogP contribution in [0.1, 0.15) is 12.5 Å². The first-order chi connectivity index (χ1) is 15.1. The van der Waals surface area contributed by atoms with Crippen molar-refractivity contribution in [2.45, 2.75) is 24.6 Å². The summed E-state index contributed by atoms with van der Waals surface area (Å²) in [7, 11) is -3.32. The Hall–Kier alpha value is -3.47. The van der Waals surface area contributed by atoms with Crippen LogP contribution >= 0.6 is 0 Å². The van der Waals surface area contributed by atoms with Crippen molar-refractivity contribution in [1.29, 1.82) is 0 Å². The Balaban J connectivity index is 1.67. The Kier molecular flexibility index (Phi) is 6.78. The summed E-state index contributed by atoms with van der Waals surface area (Å²) >= 11 is 0. The highest BCUT2D eigenvalue weighted by atomic mass is 32.2. The van der Waals surface area contributed by atoms with Crippen molar-refractivity contribution in [3.05, 3.63) is 66.5 Å². The molecule has 0 aliphatic heterocycles. The molecule has 0 bridgehead atoms. The summed E-state index contributed by atoms with van der Waals surface area (Å²) in [4.78, 5) is 20.5. The first-order valence-corrected chi connectivity index (χ1v) is 11.0. The van der Waals surface area contributed by atoms with E-state index in [-0.39, 0.29) is 34.1 Å². The molecule has 7 nitrogen and oxygen atoms in total. The fourth-order valence-corrected chi connectivity index (χ4v) is 3.65. The Labute approximate surface area is 182 Å². The molecule has 3 aromatic rings. The summed E-state index contributed by atoms with van der Waals surface area (Å²) in [5, 5.41) is 2.58. The summed E-state index contributed by atoms with van der Waals surface area (Å²) in [6.07, 6.45) is -2.34. The second-order valence-electron chi connectivity index (χ2n) is 6.61. The van der Waals surface area contributed by atoms with Crippen molar-refractivity contribution < 1.29 is 31.1 Å². The number of rotatable bonds is 7. The molecule has 2 aromatic carbocycles. The van der Waals surface area contributed by atoms with Gasteiger partial charge in [0.1, 0.15) is 5.75 Å². The molecule has 32 heavy (non-hydrogen) atoms. The fourth-order valence-electron chi connectivity index (χ4n) is 2.77. The van der Waals surface area contributed by atoms with E-state index in [1.54, 1.807) is 19.1 Å². The first kappa shape index (κ1) is 23.2. The van der Waals surface area contributed by atoms with Crippen LogP contribution in [0.2, 0.25) is 0 Å². The van der Waals surface area contributed by atoms with Gasteiger partial charge >= 0.3 is 6.36 Å². The molecule has 11 heteroatoms. The first-order valence-electron chi connectivity index (χ1n) is 9.36. The number of amides is 1. The molecular formula is C21H18F3N3O4S. The number of carbonyl (C=O) groups is 1. The number of carbonyl (C=O) groups excluding carboxylic acids is 1. The normalized spacial score (nSPS) is 11.8. The largest absolute Gasteiger partial charge is 0.573 e. The zero-order chi connectivity index (χ0) is 23.4. The lowest BCUT2D eigenvalue weighted by molar-refractivity contribution is -0.274. The number of para-hydroxylation sites is 1. The van der Waals surface area contributed by atoms with Gasteiger partial charge in [-0.1, -0.05) is 31.2 Å². The van der Waals surface area contributed by atoms with Gasteiger partial charge in [-0.05, 0) is 29.8 Å². The number of ether oxygens (including phenoxy) is 1. The van der Waals surface area contributed by atoms with E-state index in [9.17, 15) is 26.4 Å². The van der Waals surface area contributed by atoms with Crippen LogP contribution in [0.3, 0.4) is 0 Å². The molecule has 1 amide bonds. The summed E-state index contributed by atoms with van der Waals surface area (Å²) in [5.74, 6) is -0.857. The minimum atomic E-state index is -4.86. The van der Waals surface area contributed by atoms with Gasteiger partial charge in [-0.2, -0.15) is 0 Å². The number of benzene rings is 2. The standard InChI is InChI=1S/C21H18F3N3O4S/c1-2-32(29,30)16-9-7-14(8-10-16)11-19(28)27-15-12-25-20(26-13-15)17-5-3-4-6-18(17)31-21(22,23)24/h3-10,12-13H,2,11H2,1H3,(H,27,28). The highest BCUT2D eigenvalue weighted by molar-refractivity contribution is 7.91. The van der Waals surface area contributed by atoms with Gasteiger partial charge in [0.2, 0.25) is 5.91 Å². The third-order valence-corrected chi connectivity index (χ3v) is 6.07. The van der Waals surface area contributed by atoms with Crippen molar-refractivity contribution in [3.63, 3.8) is 0 Å². The van der Waals surface area contributed by atoms with E-state index in [0.717, 1.165) is 6.07 Å². The van der Waals surface area contributed by atoms with Gasteiger partial charge in [0.15, 0.2) is 15.7 Å².